The summed E-state index contributed by atoms with van der Waals surface area (Å²) in [6.45, 7) is 0.970. The molecule has 1 saturated heterocycles. The highest BCUT2D eigenvalue weighted by Gasteiger charge is 2.31. The highest BCUT2D eigenvalue weighted by atomic mass is 32.2. The summed E-state index contributed by atoms with van der Waals surface area (Å²) in [5, 5.41) is 4.11. The maximum atomic E-state index is 11.9. The second-order valence-electron chi connectivity index (χ2n) is 6.77. The first-order valence-corrected chi connectivity index (χ1v) is 10.5. The molecule has 0 radical (unpaired) electrons. The van der Waals surface area contributed by atoms with E-state index in [0.29, 0.717) is 18.9 Å². The zero-order valence-electron chi connectivity index (χ0n) is 16.1. The van der Waals surface area contributed by atoms with Crippen LogP contribution in [0.4, 0.5) is 0 Å². The van der Waals surface area contributed by atoms with Crippen molar-refractivity contribution in [2.75, 3.05) is 18.7 Å². The second-order valence-corrected chi connectivity index (χ2v) is 7.77. The van der Waals surface area contributed by atoms with E-state index in [4.69, 9.17) is 14.0 Å². The van der Waals surface area contributed by atoms with Crippen LogP contribution in [0.15, 0.2) is 65.2 Å². The first kappa shape index (κ1) is 19.5. The predicted octanol–water partition coefficient (Wildman–Crippen LogP) is 3.97. The molecule has 0 bridgehead atoms. The van der Waals surface area contributed by atoms with Crippen molar-refractivity contribution in [3.05, 3.63) is 72.0 Å². The molecule has 2 heterocycles. The van der Waals surface area contributed by atoms with Crippen LogP contribution in [-0.4, -0.2) is 40.8 Å². The molecule has 29 heavy (non-hydrogen) atoms. The molecule has 3 aromatic rings. The number of aromatic nitrogens is 1. The lowest BCUT2D eigenvalue weighted by Crippen LogP contribution is -2.38. The summed E-state index contributed by atoms with van der Waals surface area (Å²) >= 11 is 1.74. The quantitative estimate of drug-likeness (QED) is 0.546. The lowest BCUT2D eigenvalue weighted by molar-refractivity contribution is -0.145. The van der Waals surface area contributed by atoms with Gasteiger partial charge in [0.1, 0.15) is 24.1 Å². The fourth-order valence-corrected chi connectivity index (χ4v) is 4.42. The molecule has 7 heteroatoms. The van der Waals surface area contributed by atoms with Crippen molar-refractivity contribution in [2.24, 2.45) is 0 Å². The van der Waals surface area contributed by atoms with Gasteiger partial charge in [-0.1, -0.05) is 47.6 Å². The number of rotatable bonds is 7. The van der Waals surface area contributed by atoms with Crippen molar-refractivity contribution in [1.82, 2.24) is 10.1 Å². The molecular weight excluding hydrogens is 388 g/mol. The van der Waals surface area contributed by atoms with E-state index in [1.54, 1.807) is 11.8 Å². The van der Waals surface area contributed by atoms with Gasteiger partial charge in [0.05, 0.1) is 7.11 Å². The SMILES string of the molecule is COC(=O)[C@@H]1CSCN1Cc1cccc(OCc2cc(-c3ccccc3)no2)c1. The summed E-state index contributed by atoms with van der Waals surface area (Å²) in [5.74, 6) is 2.81. The number of carbonyl (C=O) groups is 1. The molecule has 0 spiro atoms. The molecule has 150 valence electrons. The number of hydrogen-bond acceptors (Lipinski definition) is 7. The summed E-state index contributed by atoms with van der Waals surface area (Å²) in [7, 11) is 1.44. The van der Waals surface area contributed by atoms with E-state index in [9.17, 15) is 4.79 Å². The van der Waals surface area contributed by atoms with Crippen molar-refractivity contribution in [2.45, 2.75) is 19.2 Å². The van der Waals surface area contributed by atoms with Gasteiger partial charge in [0.25, 0.3) is 0 Å². The number of esters is 1. The number of hydrogen-bond donors (Lipinski definition) is 0. The van der Waals surface area contributed by atoms with Crippen LogP contribution >= 0.6 is 11.8 Å². The smallest absolute Gasteiger partial charge is 0.323 e. The van der Waals surface area contributed by atoms with Gasteiger partial charge >= 0.3 is 5.97 Å². The van der Waals surface area contributed by atoms with Gasteiger partial charge in [0, 0.05) is 29.8 Å². The fourth-order valence-electron chi connectivity index (χ4n) is 3.23. The number of methoxy groups -OCH3 is 1. The Morgan fingerprint density at radius 1 is 1.21 bits per heavy atom. The van der Waals surface area contributed by atoms with Crippen molar-refractivity contribution in [1.29, 1.82) is 0 Å². The van der Waals surface area contributed by atoms with Crippen LogP contribution in [0, 0.1) is 0 Å². The van der Waals surface area contributed by atoms with Crippen molar-refractivity contribution < 1.29 is 18.8 Å². The third-order valence-electron chi connectivity index (χ3n) is 4.74. The third-order valence-corrected chi connectivity index (χ3v) is 5.81. The maximum absolute atomic E-state index is 11.9. The lowest BCUT2D eigenvalue weighted by Gasteiger charge is -2.21. The fraction of sp³-hybridized carbons (Fsp3) is 0.273. The molecule has 6 nitrogen and oxygen atoms in total. The summed E-state index contributed by atoms with van der Waals surface area (Å²) < 4.78 is 16.2. The van der Waals surface area contributed by atoms with Gasteiger partial charge in [-0.2, -0.15) is 0 Å². The Morgan fingerprint density at radius 2 is 2.07 bits per heavy atom. The first-order chi connectivity index (χ1) is 14.2. The molecule has 1 aliphatic heterocycles. The van der Waals surface area contributed by atoms with E-state index in [0.717, 1.165) is 34.2 Å². The van der Waals surface area contributed by atoms with E-state index >= 15 is 0 Å². The van der Waals surface area contributed by atoms with Crippen LogP contribution in [0.3, 0.4) is 0 Å². The number of benzene rings is 2. The molecule has 2 aromatic carbocycles. The zero-order valence-corrected chi connectivity index (χ0v) is 16.9. The Kier molecular flexibility index (Phi) is 6.17. The van der Waals surface area contributed by atoms with Gasteiger partial charge in [-0.3, -0.25) is 9.69 Å². The van der Waals surface area contributed by atoms with E-state index in [1.165, 1.54) is 7.11 Å². The van der Waals surface area contributed by atoms with Gasteiger partial charge in [-0.15, -0.1) is 11.8 Å². The summed E-state index contributed by atoms with van der Waals surface area (Å²) in [6.07, 6.45) is 0. The van der Waals surface area contributed by atoms with E-state index in [-0.39, 0.29) is 12.0 Å². The molecule has 0 unspecified atom stereocenters. The van der Waals surface area contributed by atoms with Crippen LogP contribution in [0.1, 0.15) is 11.3 Å². The topological polar surface area (TPSA) is 64.8 Å². The number of thioether (sulfide) groups is 1. The summed E-state index contributed by atoms with van der Waals surface area (Å²) in [4.78, 5) is 14.1. The normalized spacial score (nSPS) is 16.7. The minimum absolute atomic E-state index is 0.179. The van der Waals surface area contributed by atoms with Gasteiger partial charge in [-0.25, -0.2) is 0 Å². The average Bonchev–Trinajstić information content (AvgIpc) is 3.42. The van der Waals surface area contributed by atoms with Crippen LogP contribution in [0.25, 0.3) is 11.3 Å². The van der Waals surface area contributed by atoms with Crippen molar-refractivity contribution in [3.63, 3.8) is 0 Å². The van der Waals surface area contributed by atoms with Crippen molar-refractivity contribution in [3.8, 4) is 17.0 Å². The predicted molar refractivity (Wildman–Crippen MR) is 111 cm³/mol. The highest BCUT2D eigenvalue weighted by Crippen LogP contribution is 2.25. The minimum atomic E-state index is -0.194. The van der Waals surface area contributed by atoms with E-state index in [2.05, 4.69) is 10.1 Å². The Balaban J connectivity index is 1.37. The monoisotopic (exact) mass is 410 g/mol. The molecule has 0 amide bonds. The van der Waals surface area contributed by atoms with Gasteiger partial charge in [0.15, 0.2) is 5.76 Å². The molecule has 1 fully saturated rings. The van der Waals surface area contributed by atoms with E-state index in [1.807, 2.05) is 60.7 Å². The average molecular weight is 410 g/mol. The minimum Gasteiger partial charge on any atom is -0.486 e. The van der Waals surface area contributed by atoms with Crippen LogP contribution in [0.5, 0.6) is 5.75 Å². The second kappa shape index (κ2) is 9.15. The van der Waals surface area contributed by atoms with E-state index < -0.39 is 0 Å². The molecule has 1 atom stereocenters. The molecular formula is C22H22N2O4S. The number of ether oxygens (including phenoxy) is 2. The first-order valence-electron chi connectivity index (χ1n) is 9.35. The zero-order chi connectivity index (χ0) is 20.1. The summed E-state index contributed by atoms with van der Waals surface area (Å²) in [6, 6.07) is 19.5. The third kappa shape index (κ3) is 4.81. The van der Waals surface area contributed by atoms with Crippen LogP contribution in [-0.2, 0) is 22.7 Å². The molecule has 4 rings (SSSR count). The van der Waals surface area contributed by atoms with Crippen LogP contribution < -0.4 is 4.74 Å². The molecule has 1 aromatic heterocycles. The molecule has 1 aliphatic rings. The van der Waals surface area contributed by atoms with Crippen molar-refractivity contribution >= 4 is 17.7 Å². The van der Waals surface area contributed by atoms with Gasteiger partial charge < -0.3 is 14.0 Å². The maximum Gasteiger partial charge on any atom is 0.323 e. The Hall–Kier alpha value is -2.77. The van der Waals surface area contributed by atoms with Gasteiger partial charge in [0.2, 0.25) is 0 Å². The summed E-state index contributed by atoms with van der Waals surface area (Å²) in [5.41, 5.74) is 2.88. The standard InChI is InChI=1S/C22H22N2O4S/c1-26-22(25)21-14-29-15-24(21)12-16-6-5-9-18(10-16)27-13-19-11-20(23-28-19)17-7-3-2-4-8-17/h2-11,21H,12-15H2,1H3/t21-/m0/s1. The largest absolute Gasteiger partial charge is 0.486 e. The Bertz CT molecular complexity index is 960. The molecule has 0 aliphatic carbocycles. The van der Waals surface area contributed by atoms with Crippen LogP contribution in [0.2, 0.25) is 0 Å². The lowest BCUT2D eigenvalue weighted by atomic mass is 10.1. The number of carbonyl (C=O) groups excluding carboxylic acids is 1. The number of nitrogens with zero attached hydrogens (tertiary/aromatic N) is 2. The molecule has 0 N–H and O–H groups in total. The van der Waals surface area contributed by atoms with Gasteiger partial charge in [-0.05, 0) is 17.7 Å². The molecule has 0 saturated carbocycles. The Labute approximate surface area is 173 Å². The Morgan fingerprint density at radius 3 is 2.90 bits per heavy atom. The highest BCUT2D eigenvalue weighted by molar-refractivity contribution is 7.99.